The molecule has 1 saturated heterocycles. The number of rotatable bonds is 5. The van der Waals surface area contributed by atoms with Crippen molar-refractivity contribution in [3.8, 4) is 0 Å². The van der Waals surface area contributed by atoms with Crippen LogP contribution in [0, 0.1) is 0 Å². The van der Waals surface area contributed by atoms with Gasteiger partial charge < -0.3 is 14.3 Å². The Balaban J connectivity index is 1.69. The van der Waals surface area contributed by atoms with E-state index in [0.29, 0.717) is 12.3 Å². The summed E-state index contributed by atoms with van der Waals surface area (Å²) in [6.07, 6.45) is 0.775. The fraction of sp³-hybridized carbons (Fsp3) is 0.389. The van der Waals surface area contributed by atoms with E-state index in [1.807, 2.05) is 43.3 Å². The number of hydrogen-bond donors (Lipinski definition) is 0. The van der Waals surface area contributed by atoms with Crippen molar-refractivity contribution in [3.05, 3.63) is 53.4 Å². The van der Waals surface area contributed by atoms with Crippen LogP contribution in [-0.4, -0.2) is 39.4 Å². The van der Waals surface area contributed by atoms with Gasteiger partial charge in [-0.1, -0.05) is 42.4 Å². The molecule has 0 unspecified atom stereocenters. The van der Waals surface area contributed by atoms with Crippen LogP contribution in [0.4, 0.5) is 0 Å². The average molecular weight is 327 g/mol. The van der Waals surface area contributed by atoms with Crippen molar-refractivity contribution in [1.82, 2.24) is 15.0 Å². The maximum Gasteiger partial charge on any atom is 0.245 e. The number of carbonyl (C=O) groups is 2. The van der Waals surface area contributed by atoms with E-state index in [1.165, 1.54) is 0 Å². The molecule has 1 aliphatic heterocycles. The van der Waals surface area contributed by atoms with Crippen LogP contribution in [0.25, 0.3) is 0 Å². The second-order valence-electron chi connectivity index (χ2n) is 6.02. The van der Waals surface area contributed by atoms with Crippen molar-refractivity contribution in [2.45, 2.75) is 39.4 Å². The summed E-state index contributed by atoms with van der Waals surface area (Å²) >= 11 is 0. The van der Waals surface area contributed by atoms with E-state index >= 15 is 0 Å². The molecule has 1 fully saturated rings. The summed E-state index contributed by atoms with van der Waals surface area (Å²) in [6.45, 7) is 4.56. The molecule has 2 heterocycles. The first-order valence-corrected chi connectivity index (χ1v) is 8.15. The lowest BCUT2D eigenvalue weighted by Gasteiger charge is -2.38. The SMILES string of the molecule is CCc1cc(CN2C(=O)CN(Cc3ccccc3)C(=O)[C@H]2C)on1. The van der Waals surface area contributed by atoms with E-state index in [9.17, 15) is 9.59 Å². The van der Waals surface area contributed by atoms with Gasteiger partial charge in [-0.05, 0) is 18.9 Å². The standard InChI is InChI=1S/C18H21N3O3/c1-3-15-9-16(24-19-15)11-21-13(2)18(23)20(12-17(21)22)10-14-7-5-4-6-8-14/h4-9,13H,3,10-12H2,1-2H3/t13-/m1/s1. The highest BCUT2D eigenvalue weighted by atomic mass is 16.5. The summed E-state index contributed by atoms with van der Waals surface area (Å²) in [5.74, 6) is 0.484. The Hall–Kier alpha value is -2.63. The van der Waals surface area contributed by atoms with Gasteiger partial charge in [-0.2, -0.15) is 0 Å². The Labute approximate surface area is 141 Å². The Morgan fingerprint density at radius 3 is 2.62 bits per heavy atom. The summed E-state index contributed by atoms with van der Waals surface area (Å²) < 4.78 is 5.24. The Morgan fingerprint density at radius 2 is 1.96 bits per heavy atom. The van der Waals surface area contributed by atoms with E-state index < -0.39 is 6.04 Å². The van der Waals surface area contributed by atoms with Crippen LogP contribution in [0.3, 0.4) is 0 Å². The summed E-state index contributed by atoms with van der Waals surface area (Å²) in [5.41, 5.74) is 1.86. The molecule has 0 bridgehead atoms. The van der Waals surface area contributed by atoms with Gasteiger partial charge in [0.2, 0.25) is 11.8 Å². The fourth-order valence-corrected chi connectivity index (χ4v) is 2.87. The number of aromatic nitrogens is 1. The number of benzene rings is 1. The summed E-state index contributed by atoms with van der Waals surface area (Å²) in [6, 6.07) is 11.0. The summed E-state index contributed by atoms with van der Waals surface area (Å²) in [5, 5.41) is 3.93. The van der Waals surface area contributed by atoms with Crippen LogP contribution in [0.15, 0.2) is 40.9 Å². The van der Waals surface area contributed by atoms with Crippen molar-refractivity contribution in [2.24, 2.45) is 0 Å². The number of nitrogens with zero attached hydrogens (tertiary/aromatic N) is 3. The third kappa shape index (κ3) is 3.32. The normalized spacial score (nSPS) is 18.3. The molecule has 2 amide bonds. The number of carbonyl (C=O) groups excluding carboxylic acids is 2. The Morgan fingerprint density at radius 1 is 1.21 bits per heavy atom. The predicted molar refractivity (Wildman–Crippen MR) is 87.8 cm³/mol. The highest BCUT2D eigenvalue weighted by Gasteiger charge is 2.36. The second kappa shape index (κ2) is 6.86. The molecule has 126 valence electrons. The minimum absolute atomic E-state index is 0.0475. The van der Waals surface area contributed by atoms with E-state index in [-0.39, 0.29) is 24.9 Å². The molecule has 0 saturated carbocycles. The lowest BCUT2D eigenvalue weighted by molar-refractivity contribution is -0.156. The van der Waals surface area contributed by atoms with Gasteiger partial charge in [0, 0.05) is 12.6 Å². The molecular formula is C18H21N3O3. The van der Waals surface area contributed by atoms with Gasteiger partial charge in [-0.25, -0.2) is 0 Å². The fourth-order valence-electron chi connectivity index (χ4n) is 2.87. The molecule has 2 aromatic rings. The topological polar surface area (TPSA) is 66.7 Å². The quantitative estimate of drug-likeness (QED) is 0.842. The number of amides is 2. The predicted octanol–water partition coefficient (Wildman–Crippen LogP) is 2.00. The van der Waals surface area contributed by atoms with E-state index in [4.69, 9.17) is 4.52 Å². The molecule has 0 N–H and O–H groups in total. The molecule has 1 aromatic carbocycles. The smallest absolute Gasteiger partial charge is 0.245 e. The number of piperazine rings is 1. The number of aryl methyl sites for hydroxylation is 1. The first-order chi connectivity index (χ1) is 11.6. The molecule has 6 nitrogen and oxygen atoms in total. The highest BCUT2D eigenvalue weighted by molar-refractivity contribution is 5.94. The second-order valence-corrected chi connectivity index (χ2v) is 6.02. The van der Waals surface area contributed by atoms with Gasteiger partial charge in [0.25, 0.3) is 0 Å². The molecule has 1 atom stereocenters. The van der Waals surface area contributed by atoms with Gasteiger partial charge in [0.1, 0.15) is 12.6 Å². The molecule has 0 aliphatic carbocycles. The molecule has 0 spiro atoms. The van der Waals surface area contributed by atoms with Crippen LogP contribution in [0.1, 0.15) is 30.9 Å². The van der Waals surface area contributed by atoms with Crippen LogP contribution >= 0.6 is 0 Å². The minimum atomic E-state index is -0.509. The monoisotopic (exact) mass is 327 g/mol. The van der Waals surface area contributed by atoms with Crippen molar-refractivity contribution < 1.29 is 14.1 Å². The maximum absolute atomic E-state index is 12.6. The van der Waals surface area contributed by atoms with Crippen LogP contribution in [0.5, 0.6) is 0 Å². The molecule has 0 radical (unpaired) electrons. The lowest BCUT2D eigenvalue weighted by Crippen LogP contribution is -2.57. The molecule has 1 aromatic heterocycles. The minimum Gasteiger partial charge on any atom is -0.359 e. The van der Waals surface area contributed by atoms with Gasteiger partial charge in [-0.15, -0.1) is 0 Å². The molecule has 6 heteroatoms. The average Bonchev–Trinajstić information content (AvgIpc) is 3.05. The van der Waals surface area contributed by atoms with Gasteiger partial charge in [0.15, 0.2) is 5.76 Å². The van der Waals surface area contributed by atoms with Crippen LogP contribution in [-0.2, 0) is 29.1 Å². The van der Waals surface area contributed by atoms with E-state index in [0.717, 1.165) is 17.7 Å². The third-order valence-corrected chi connectivity index (χ3v) is 4.30. The van der Waals surface area contributed by atoms with Gasteiger partial charge in [0.05, 0.1) is 12.2 Å². The zero-order chi connectivity index (χ0) is 17.1. The molecule has 1 aliphatic rings. The Kier molecular flexibility index (Phi) is 4.64. The van der Waals surface area contributed by atoms with Crippen molar-refractivity contribution in [1.29, 1.82) is 0 Å². The summed E-state index contributed by atoms with van der Waals surface area (Å²) in [4.78, 5) is 28.3. The molecule has 3 rings (SSSR count). The van der Waals surface area contributed by atoms with E-state index in [1.54, 1.807) is 16.7 Å². The van der Waals surface area contributed by atoms with Gasteiger partial charge >= 0.3 is 0 Å². The highest BCUT2D eigenvalue weighted by Crippen LogP contribution is 2.19. The lowest BCUT2D eigenvalue weighted by atomic mass is 10.1. The van der Waals surface area contributed by atoms with Crippen LogP contribution < -0.4 is 0 Å². The number of hydrogen-bond acceptors (Lipinski definition) is 4. The first kappa shape index (κ1) is 16.2. The molecule has 24 heavy (non-hydrogen) atoms. The zero-order valence-corrected chi connectivity index (χ0v) is 13.9. The van der Waals surface area contributed by atoms with Gasteiger partial charge in [-0.3, -0.25) is 9.59 Å². The third-order valence-electron chi connectivity index (χ3n) is 4.30. The van der Waals surface area contributed by atoms with E-state index in [2.05, 4.69) is 5.16 Å². The van der Waals surface area contributed by atoms with Crippen LogP contribution in [0.2, 0.25) is 0 Å². The Bertz CT molecular complexity index is 726. The largest absolute Gasteiger partial charge is 0.359 e. The van der Waals surface area contributed by atoms with Crippen molar-refractivity contribution in [3.63, 3.8) is 0 Å². The zero-order valence-electron chi connectivity index (χ0n) is 13.9. The molecular weight excluding hydrogens is 306 g/mol. The van der Waals surface area contributed by atoms with Crippen molar-refractivity contribution >= 4 is 11.8 Å². The first-order valence-electron chi connectivity index (χ1n) is 8.15. The van der Waals surface area contributed by atoms with Crippen molar-refractivity contribution in [2.75, 3.05) is 6.54 Å². The maximum atomic E-state index is 12.6. The summed E-state index contributed by atoms with van der Waals surface area (Å²) in [7, 11) is 0.